The molecule has 3 rings (SSSR count). The fourth-order valence-electron chi connectivity index (χ4n) is 3.32. The van der Waals surface area contributed by atoms with Crippen LogP contribution in [-0.4, -0.2) is 28.9 Å². The fraction of sp³-hybridized carbons (Fsp3) is 0.429. The minimum Gasteiger partial charge on any atom is -0.489 e. The lowest BCUT2D eigenvalue weighted by Gasteiger charge is -2.32. The highest BCUT2D eigenvalue weighted by atomic mass is 16.5. The van der Waals surface area contributed by atoms with Gasteiger partial charge in [-0.25, -0.2) is 0 Å². The highest BCUT2D eigenvalue weighted by Crippen LogP contribution is 2.22. The van der Waals surface area contributed by atoms with Crippen molar-refractivity contribution in [3.63, 3.8) is 0 Å². The zero-order valence-corrected chi connectivity index (χ0v) is 14.9. The van der Waals surface area contributed by atoms with Gasteiger partial charge in [0.05, 0.1) is 0 Å². The first kappa shape index (κ1) is 17.5. The van der Waals surface area contributed by atoms with Gasteiger partial charge in [0.15, 0.2) is 0 Å². The Balaban J connectivity index is 1.46. The zero-order valence-electron chi connectivity index (χ0n) is 14.9. The highest BCUT2D eigenvalue weighted by Gasteiger charge is 2.21. The van der Waals surface area contributed by atoms with Crippen molar-refractivity contribution in [2.75, 3.05) is 13.1 Å². The molecule has 0 saturated carbocycles. The van der Waals surface area contributed by atoms with Crippen LogP contribution >= 0.6 is 0 Å². The zero-order chi connectivity index (χ0) is 17.5. The van der Waals surface area contributed by atoms with Crippen LogP contribution in [0.25, 0.3) is 0 Å². The third kappa shape index (κ3) is 5.05. The second-order valence-electron chi connectivity index (χ2n) is 6.67. The topological polar surface area (TPSA) is 42.4 Å². The second-order valence-corrected chi connectivity index (χ2v) is 6.67. The SMILES string of the molecule is CCC(=O)N1CCC(Cc2ccc(COc3ccncc3)cc2)CC1. The number of piperidine rings is 1. The molecule has 1 amide bonds. The van der Waals surface area contributed by atoms with E-state index in [2.05, 4.69) is 29.2 Å². The van der Waals surface area contributed by atoms with Gasteiger partial charge in [-0.05, 0) is 48.4 Å². The van der Waals surface area contributed by atoms with Gasteiger partial charge in [-0.15, -0.1) is 0 Å². The summed E-state index contributed by atoms with van der Waals surface area (Å²) in [7, 11) is 0. The highest BCUT2D eigenvalue weighted by molar-refractivity contribution is 5.75. The van der Waals surface area contributed by atoms with Crippen LogP contribution < -0.4 is 4.74 Å². The smallest absolute Gasteiger partial charge is 0.222 e. The van der Waals surface area contributed by atoms with E-state index in [9.17, 15) is 4.79 Å². The predicted molar refractivity (Wildman–Crippen MR) is 98.3 cm³/mol. The summed E-state index contributed by atoms with van der Waals surface area (Å²) in [5, 5.41) is 0. The number of amides is 1. The van der Waals surface area contributed by atoms with Gasteiger partial charge in [-0.3, -0.25) is 9.78 Å². The molecule has 0 aliphatic carbocycles. The molecule has 1 fully saturated rings. The summed E-state index contributed by atoms with van der Waals surface area (Å²) in [4.78, 5) is 17.7. The van der Waals surface area contributed by atoms with Crippen LogP contribution in [0.2, 0.25) is 0 Å². The Labute approximate surface area is 149 Å². The Morgan fingerprint density at radius 2 is 1.72 bits per heavy atom. The van der Waals surface area contributed by atoms with E-state index in [0.717, 1.165) is 38.1 Å². The number of aromatic nitrogens is 1. The third-order valence-corrected chi connectivity index (χ3v) is 4.87. The molecule has 4 nitrogen and oxygen atoms in total. The maximum atomic E-state index is 11.7. The van der Waals surface area contributed by atoms with E-state index in [-0.39, 0.29) is 5.91 Å². The molecule has 0 spiro atoms. The van der Waals surface area contributed by atoms with Crippen molar-refractivity contribution in [3.8, 4) is 5.75 Å². The molecule has 0 unspecified atom stereocenters. The van der Waals surface area contributed by atoms with E-state index in [1.54, 1.807) is 12.4 Å². The van der Waals surface area contributed by atoms with Crippen LogP contribution in [0.5, 0.6) is 5.75 Å². The first-order valence-electron chi connectivity index (χ1n) is 9.13. The summed E-state index contributed by atoms with van der Waals surface area (Å²) >= 11 is 0. The standard InChI is InChI=1S/C21H26N2O2/c1-2-21(24)23-13-9-18(10-14-23)15-17-3-5-19(6-4-17)16-25-20-7-11-22-12-8-20/h3-8,11-12,18H,2,9-10,13-16H2,1H3. The Hall–Kier alpha value is -2.36. The lowest BCUT2D eigenvalue weighted by molar-refractivity contribution is -0.132. The van der Waals surface area contributed by atoms with Gasteiger partial charge in [0.2, 0.25) is 5.91 Å². The van der Waals surface area contributed by atoms with Gasteiger partial charge < -0.3 is 9.64 Å². The summed E-state index contributed by atoms with van der Waals surface area (Å²) in [6.45, 7) is 4.33. The van der Waals surface area contributed by atoms with Crippen LogP contribution in [0.15, 0.2) is 48.8 Å². The molecule has 0 atom stereocenters. The van der Waals surface area contributed by atoms with Crippen molar-refractivity contribution in [3.05, 3.63) is 59.9 Å². The molecule has 0 N–H and O–H groups in total. The van der Waals surface area contributed by atoms with Crippen LogP contribution in [0.1, 0.15) is 37.3 Å². The normalized spacial score (nSPS) is 15.2. The van der Waals surface area contributed by atoms with Crippen molar-refractivity contribution in [2.45, 2.75) is 39.2 Å². The average molecular weight is 338 g/mol. The predicted octanol–water partition coefficient (Wildman–Crippen LogP) is 3.85. The maximum absolute atomic E-state index is 11.7. The molecule has 132 valence electrons. The van der Waals surface area contributed by atoms with Crippen molar-refractivity contribution in [1.29, 1.82) is 0 Å². The quantitative estimate of drug-likeness (QED) is 0.803. The van der Waals surface area contributed by atoms with Gasteiger partial charge in [-0.1, -0.05) is 31.2 Å². The largest absolute Gasteiger partial charge is 0.489 e. The monoisotopic (exact) mass is 338 g/mol. The number of rotatable bonds is 6. The Morgan fingerprint density at radius 3 is 2.36 bits per heavy atom. The number of nitrogens with zero attached hydrogens (tertiary/aromatic N) is 2. The molecular weight excluding hydrogens is 312 g/mol. The van der Waals surface area contributed by atoms with Gasteiger partial charge in [-0.2, -0.15) is 0 Å². The number of carbonyl (C=O) groups is 1. The number of ether oxygens (including phenoxy) is 1. The molecule has 1 aromatic heterocycles. The number of benzene rings is 1. The first-order chi connectivity index (χ1) is 12.2. The fourth-order valence-corrected chi connectivity index (χ4v) is 3.32. The van der Waals surface area contributed by atoms with Gasteiger partial charge in [0.25, 0.3) is 0 Å². The van der Waals surface area contributed by atoms with Crippen molar-refractivity contribution in [1.82, 2.24) is 9.88 Å². The number of carbonyl (C=O) groups excluding carboxylic acids is 1. The van der Waals surface area contributed by atoms with Crippen molar-refractivity contribution in [2.24, 2.45) is 5.92 Å². The molecule has 1 saturated heterocycles. The number of likely N-dealkylation sites (tertiary alicyclic amines) is 1. The molecule has 25 heavy (non-hydrogen) atoms. The van der Waals surface area contributed by atoms with Crippen LogP contribution in [0.3, 0.4) is 0 Å². The first-order valence-corrected chi connectivity index (χ1v) is 9.13. The van der Waals surface area contributed by atoms with E-state index in [0.29, 0.717) is 18.9 Å². The Bertz CT molecular complexity index is 662. The maximum Gasteiger partial charge on any atom is 0.222 e. The number of hydrogen-bond donors (Lipinski definition) is 0. The molecule has 4 heteroatoms. The van der Waals surface area contributed by atoms with Gasteiger partial charge in [0, 0.05) is 31.9 Å². The number of pyridine rings is 1. The summed E-state index contributed by atoms with van der Waals surface area (Å²) in [6, 6.07) is 12.4. The minimum atomic E-state index is 0.289. The average Bonchev–Trinajstić information content (AvgIpc) is 2.68. The van der Waals surface area contributed by atoms with Crippen molar-refractivity contribution < 1.29 is 9.53 Å². The summed E-state index contributed by atoms with van der Waals surface area (Å²) in [5.41, 5.74) is 2.54. The van der Waals surface area contributed by atoms with E-state index in [1.807, 2.05) is 24.0 Å². The molecule has 0 radical (unpaired) electrons. The lowest BCUT2D eigenvalue weighted by atomic mass is 9.90. The van der Waals surface area contributed by atoms with Crippen LogP contribution in [0.4, 0.5) is 0 Å². The lowest BCUT2D eigenvalue weighted by Crippen LogP contribution is -2.38. The Kier molecular flexibility index (Phi) is 6.04. The molecule has 2 heterocycles. The summed E-state index contributed by atoms with van der Waals surface area (Å²) in [5.74, 6) is 1.81. The van der Waals surface area contributed by atoms with Crippen LogP contribution in [0, 0.1) is 5.92 Å². The van der Waals surface area contributed by atoms with Gasteiger partial charge in [0.1, 0.15) is 12.4 Å². The molecular formula is C21H26N2O2. The molecule has 0 bridgehead atoms. The molecule has 2 aromatic rings. The third-order valence-electron chi connectivity index (χ3n) is 4.87. The van der Waals surface area contributed by atoms with Gasteiger partial charge >= 0.3 is 0 Å². The van der Waals surface area contributed by atoms with E-state index < -0.39 is 0 Å². The van der Waals surface area contributed by atoms with E-state index in [1.165, 1.54) is 11.1 Å². The van der Waals surface area contributed by atoms with Crippen molar-refractivity contribution >= 4 is 5.91 Å². The van der Waals surface area contributed by atoms with E-state index in [4.69, 9.17) is 4.74 Å². The second kappa shape index (κ2) is 8.65. The summed E-state index contributed by atoms with van der Waals surface area (Å²) in [6.07, 6.45) is 7.40. The minimum absolute atomic E-state index is 0.289. The number of hydrogen-bond acceptors (Lipinski definition) is 3. The summed E-state index contributed by atoms with van der Waals surface area (Å²) < 4.78 is 5.75. The Morgan fingerprint density at radius 1 is 1.08 bits per heavy atom. The molecule has 1 aromatic carbocycles. The van der Waals surface area contributed by atoms with Crippen LogP contribution in [-0.2, 0) is 17.8 Å². The van der Waals surface area contributed by atoms with E-state index >= 15 is 0 Å². The molecule has 1 aliphatic rings. The molecule has 1 aliphatic heterocycles.